The summed E-state index contributed by atoms with van der Waals surface area (Å²) >= 11 is 0. The van der Waals surface area contributed by atoms with Crippen molar-refractivity contribution in [3.8, 4) is 0 Å². The molecule has 4 saturated carbocycles. The van der Waals surface area contributed by atoms with E-state index in [0.29, 0.717) is 18.3 Å². The van der Waals surface area contributed by atoms with Gasteiger partial charge in [0.1, 0.15) is 0 Å². The zero-order chi connectivity index (χ0) is 24.2. The Bertz CT molecular complexity index is 957. The molecule has 4 nitrogen and oxygen atoms in total. The molecule has 9 unspecified atom stereocenters. The quantitative estimate of drug-likeness (QED) is 0.527. The number of carboxylic acid groups (broad SMARTS) is 1. The van der Waals surface area contributed by atoms with Crippen LogP contribution < -0.4 is 0 Å². The van der Waals surface area contributed by atoms with Crippen LogP contribution in [-0.2, 0) is 9.59 Å². The second kappa shape index (κ2) is 6.83. The largest absolute Gasteiger partial charge is 0.481 e. The number of ketones is 1. The van der Waals surface area contributed by atoms with Crippen molar-refractivity contribution in [1.82, 2.24) is 0 Å². The predicted octanol–water partition coefficient (Wildman–Crippen LogP) is 5.80. The summed E-state index contributed by atoms with van der Waals surface area (Å²) in [6.45, 7) is 12.9. The van der Waals surface area contributed by atoms with Crippen LogP contribution in [0.1, 0.15) is 86.5 Å². The summed E-state index contributed by atoms with van der Waals surface area (Å²) in [6.07, 6.45) is 12.0. The molecule has 33 heavy (non-hydrogen) atoms. The second-order valence-electron chi connectivity index (χ2n) is 13.5. The molecule has 0 aliphatic heterocycles. The van der Waals surface area contributed by atoms with Crippen molar-refractivity contribution in [3.63, 3.8) is 0 Å². The predicted molar refractivity (Wildman–Crippen MR) is 128 cm³/mol. The first-order chi connectivity index (χ1) is 15.3. The van der Waals surface area contributed by atoms with E-state index >= 15 is 0 Å². The maximum atomic E-state index is 12.7. The van der Waals surface area contributed by atoms with Gasteiger partial charge in [-0.3, -0.25) is 9.59 Å². The number of rotatable bonds is 4. The lowest BCUT2D eigenvalue weighted by molar-refractivity contribution is -0.192. The number of carbonyl (C=O) groups excluding carboxylic acids is 1. The molecule has 0 aromatic carbocycles. The molecule has 0 bridgehead atoms. The van der Waals surface area contributed by atoms with Gasteiger partial charge in [-0.15, -0.1) is 0 Å². The van der Waals surface area contributed by atoms with Gasteiger partial charge in [-0.2, -0.15) is 0 Å². The Morgan fingerprint density at radius 1 is 1.15 bits per heavy atom. The number of carboxylic acids is 1. The molecule has 9 atom stereocenters. The molecule has 0 aromatic heterocycles. The minimum Gasteiger partial charge on any atom is -0.481 e. The molecule has 0 heterocycles. The van der Waals surface area contributed by atoms with Gasteiger partial charge in [0.15, 0.2) is 5.78 Å². The number of aliphatic hydroxyl groups is 1. The number of aliphatic carboxylic acids is 1. The molecule has 2 N–H and O–H groups in total. The van der Waals surface area contributed by atoms with Crippen LogP contribution in [-0.4, -0.2) is 28.1 Å². The highest BCUT2D eigenvalue weighted by molar-refractivity contribution is 5.96. The van der Waals surface area contributed by atoms with Crippen LogP contribution in [0.5, 0.6) is 0 Å². The van der Waals surface area contributed by atoms with Crippen LogP contribution in [0, 0.1) is 50.7 Å². The number of aliphatic hydroxyl groups excluding tert-OH is 1. The van der Waals surface area contributed by atoms with Gasteiger partial charge in [-0.05, 0) is 98.9 Å². The van der Waals surface area contributed by atoms with E-state index in [2.05, 4.69) is 39.8 Å². The number of allylic oxidation sites excluding steroid dienone is 4. The molecule has 0 amide bonds. The molecule has 0 aromatic rings. The fraction of sp³-hybridized carbons (Fsp3) is 0.793. The zero-order valence-electron chi connectivity index (χ0n) is 21.3. The molecule has 5 rings (SSSR count). The van der Waals surface area contributed by atoms with Crippen LogP contribution in [0.25, 0.3) is 0 Å². The summed E-state index contributed by atoms with van der Waals surface area (Å²) in [5.41, 5.74) is 0.419. The van der Waals surface area contributed by atoms with Gasteiger partial charge in [-0.1, -0.05) is 45.4 Å². The van der Waals surface area contributed by atoms with Crippen molar-refractivity contribution in [2.24, 2.45) is 50.7 Å². The van der Waals surface area contributed by atoms with E-state index in [-0.39, 0.29) is 33.4 Å². The maximum Gasteiger partial charge on any atom is 0.307 e. The van der Waals surface area contributed by atoms with E-state index in [1.54, 1.807) is 0 Å². The third kappa shape index (κ3) is 2.62. The van der Waals surface area contributed by atoms with E-state index in [1.165, 1.54) is 0 Å². The average molecular weight is 455 g/mol. The van der Waals surface area contributed by atoms with E-state index in [1.807, 2.05) is 19.9 Å². The number of hydrogen-bond acceptors (Lipinski definition) is 3. The van der Waals surface area contributed by atoms with Crippen LogP contribution in [0.2, 0.25) is 0 Å². The third-order valence-corrected chi connectivity index (χ3v) is 12.1. The van der Waals surface area contributed by atoms with Crippen molar-refractivity contribution in [2.45, 2.75) is 92.6 Å². The highest BCUT2D eigenvalue weighted by Gasteiger charge is 2.83. The van der Waals surface area contributed by atoms with Gasteiger partial charge >= 0.3 is 5.97 Å². The number of carbonyl (C=O) groups is 2. The van der Waals surface area contributed by atoms with Gasteiger partial charge in [0.05, 0.1) is 12.0 Å². The number of hydrogen-bond donors (Lipinski definition) is 2. The fourth-order valence-corrected chi connectivity index (χ4v) is 10.2. The second-order valence-corrected chi connectivity index (χ2v) is 13.5. The topological polar surface area (TPSA) is 74.6 Å². The Labute approximate surface area is 198 Å². The summed E-state index contributed by atoms with van der Waals surface area (Å²) in [7, 11) is 0. The van der Waals surface area contributed by atoms with Gasteiger partial charge in [-0.25, -0.2) is 0 Å². The summed E-state index contributed by atoms with van der Waals surface area (Å²) in [4.78, 5) is 25.2. The summed E-state index contributed by atoms with van der Waals surface area (Å²) < 4.78 is 0. The SMILES string of the molecule is CC(C)=CCC(C(=O)O)C1CCC2(C)C3CCC4C(C)(C)C(=O)C=CC45CC35CC(O)C12C. The van der Waals surface area contributed by atoms with Gasteiger partial charge in [0, 0.05) is 10.8 Å². The first kappa shape index (κ1) is 23.3. The lowest BCUT2D eigenvalue weighted by atomic mass is 9.41. The molecule has 0 saturated heterocycles. The van der Waals surface area contributed by atoms with Crippen LogP contribution in [0.4, 0.5) is 0 Å². The highest BCUT2D eigenvalue weighted by atomic mass is 16.4. The van der Waals surface area contributed by atoms with Crippen molar-refractivity contribution in [1.29, 1.82) is 0 Å². The zero-order valence-corrected chi connectivity index (χ0v) is 21.3. The summed E-state index contributed by atoms with van der Waals surface area (Å²) in [5, 5.41) is 22.1. The number of fused-ring (bicyclic) bond motifs is 2. The van der Waals surface area contributed by atoms with Crippen molar-refractivity contribution in [3.05, 3.63) is 23.8 Å². The third-order valence-electron chi connectivity index (χ3n) is 12.1. The summed E-state index contributed by atoms with van der Waals surface area (Å²) in [6, 6.07) is 0. The van der Waals surface area contributed by atoms with Crippen LogP contribution in [0.15, 0.2) is 23.8 Å². The Morgan fingerprint density at radius 3 is 2.45 bits per heavy atom. The normalized spacial score (nSPS) is 49.8. The van der Waals surface area contributed by atoms with Gasteiger partial charge in [0.2, 0.25) is 0 Å². The highest BCUT2D eigenvalue weighted by Crippen LogP contribution is 2.87. The average Bonchev–Trinajstić information content (AvgIpc) is 3.29. The van der Waals surface area contributed by atoms with Crippen molar-refractivity contribution in [2.75, 3.05) is 0 Å². The Hall–Kier alpha value is -1.42. The van der Waals surface area contributed by atoms with Crippen molar-refractivity contribution < 1.29 is 19.8 Å². The molecule has 2 spiro atoms. The fourth-order valence-electron chi connectivity index (χ4n) is 10.2. The molecule has 0 radical (unpaired) electrons. The first-order valence-corrected chi connectivity index (χ1v) is 13.1. The molecule has 182 valence electrons. The van der Waals surface area contributed by atoms with Crippen molar-refractivity contribution >= 4 is 11.8 Å². The molecular weight excluding hydrogens is 412 g/mol. The lowest BCUT2D eigenvalue weighted by Gasteiger charge is -2.63. The summed E-state index contributed by atoms with van der Waals surface area (Å²) in [5.74, 6) is -0.124. The smallest absolute Gasteiger partial charge is 0.307 e. The van der Waals surface area contributed by atoms with Gasteiger partial charge in [0.25, 0.3) is 0 Å². The molecule has 4 fully saturated rings. The minimum absolute atomic E-state index is 0.0182. The van der Waals surface area contributed by atoms with E-state index in [0.717, 1.165) is 44.1 Å². The van der Waals surface area contributed by atoms with E-state index in [4.69, 9.17) is 0 Å². The molecular formula is C29H42O4. The minimum atomic E-state index is -0.725. The van der Waals surface area contributed by atoms with E-state index in [9.17, 15) is 19.8 Å². The Morgan fingerprint density at radius 2 is 1.82 bits per heavy atom. The monoisotopic (exact) mass is 454 g/mol. The molecule has 5 aliphatic rings. The van der Waals surface area contributed by atoms with E-state index < -0.39 is 23.4 Å². The lowest BCUT2D eigenvalue weighted by Crippen LogP contribution is -2.61. The standard InChI is InChI=1S/C29H42O4/c1-17(2)7-8-18(24(32)33)19-11-13-26(5)21-10-9-20-25(3,4)22(30)12-14-28(20)16-29(21,28)15-23(31)27(19,26)6/h7,12,14,18-21,23,31H,8-11,13,15-16H2,1-6H3,(H,32,33). The van der Waals surface area contributed by atoms with Gasteiger partial charge < -0.3 is 10.2 Å². The Balaban J connectivity index is 1.54. The maximum absolute atomic E-state index is 12.7. The first-order valence-electron chi connectivity index (χ1n) is 13.1. The van der Waals surface area contributed by atoms with Crippen LogP contribution in [0.3, 0.4) is 0 Å². The Kier molecular flexibility index (Phi) is 4.83. The molecule has 4 heteroatoms. The van der Waals surface area contributed by atoms with Crippen LogP contribution >= 0.6 is 0 Å². The molecule has 5 aliphatic carbocycles.